The maximum absolute atomic E-state index is 13.4. The van der Waals surface area contributed by atoms with Crippen molar-refractivity contribution < 1.29 is 9.22 Å². The number of hydrogen-bond acceptors (Lipinski definition) is 2. The minimum absolute atomic E-state index is 0.0259. The van der Waals surface area contributed by atoms with Gasteiger partial charge in [0.25, 0.3) is 0 Å². The molecule has 0 bridgehead atoms. The van der Waals surface area contributed by atoms with Crippen LogP contribution in [0.25, 0.3) is 0 Å². The van der Waals surface area contributed by atoms with E-state index in [1.54, 1.807) is 0 Å². The van der Waals surface area contributed by atoms with E-state index in [0.29, 0.717) is 5.56 Å². The highest BCUT2D eigenvalue weighted by Crippen LogP contribution is 2.39. The van der Waals surface area contributed by atoms with Gasteiger partial charge in [0.05, 0.1) is 0 Å². The van der Waals surface area contributed by atoms with E-state index in [-0.39, 0.29) is 16.7 Å². The second-order valence-corrected chi connectivity index (χ2v) is 13.7. The number of carbonyl (C=O) groups is 1. The lowest BCUT2D eigenvalue weighted by atomic mass is 9.90. The standard InChI is InChI=1S/C25H34O2Si/c1-7-21(19-18-20-14-10-8-11-15-20)24(27-28(5,6)25(2,3)4)23(26)22-16-12-9-13-17-22/h7-17,21,24H,1,18-19H2,2-6H3/t21-,24+/m1/s1. The van der Waals surface area contributed by atoms with Crippen molar-refractivity contribution in [3.05, 3.63) is 84.4 Å². The van der Waals surface area contributed by atoms with E-state index in [2.05, 4.69) is 64.7 Å². The number of rotatable bonds is 9. The van der Waals surface area contributed by atoms with Crippen LogP contribution in [0.4, 0.5) is 0 Å². The van der Waals surface area contributed by atoms with Crippen LogP contribution in [0.5, 0.6) is 0 Å². The first-order valence-corrected chi connectivity index (χ1v) is 13.0. The molecule has 2 nitrogen and oxygen atoms in total. The summed E-state index contributed by atoms with van der Waals surface area (Å²) in [6.45, 7) is 15.1. The SMILES string of the molecule is C=C[C@H](CCc1ccccc1)[C@H](O[Si](C)(C)C(C)(C)C)C(=O)c1ccccc1. The molecule has 2 rings (SSSR count). The van der Waals surface area contributed by atoms with E-state index >= 15 is 0 Å². The van der Waals surface area contributed by atoms with Crippen LogP contribution in [0.1, 0.15) is 43.1 Å². The molecule has 0 spiro atoms. The monoisotopic (exact) mass is 394 g/mol. The van der Waals surface area contributed by atoms with Gasteiger partial charge in [-0.3, -0.25) is 4.79 Å². The molecule has 2 aromatic rings. The number of Topliss-reactive ketones (excluding diaryl/α,β-unsaturated/α-hetero) is 1. The van der Waals surface area contributed by atoms with Crippen LogP contribution in [0.15, 0.2) is 73.3 Å². The van der Waals surface area contributed by atoms with Gasteiger partial charge in [0.2, 0.25) is 0 Å². The van der Waals surface area contributed by atoms with E-state index in [4.69, 9.17) is 4.43 Å². The summed E-state index contributed by atoms with van der Waals surface area (Å²) >= 11 is 0. The van der Waals surface area contributed by atoms with E-state index in [1.807, 2.05) is 42.5 Å². The van der Waals surface area contributed by atoms with Gasteiger partial charge in [-0.2, -0.15) is 0 Å². The van der Waals surface area contributed by atoms with Crippen LogP contribution in [0.2, 0.25) is 18.1 Å². The molecule has 0 saturated carbocycles. The van der Waals surface area contributed by atoms with Crippen LogP contribution in [-0.4, -0.2) is 20.2 Å². The van der Waals surface area contributed by atoms with Crippen LogP contribution < -0.4 is 0 Å². The molecule has 0 amide bonds. The highest BCUT2D eigenvalue weighted by atomic mass is 28.4. The van der Waals surface area contributed by atoms with Gasteiger partial charge >= 0.3 is 0 Å². The molecule has 0 heterocycles. The van der Waals surface area contributed by atoms with Crippen molar-refractivity contribution in [3.8, 4) is 0 Å². The van der Waals surface area contributed by atoms with Gasteiger partial charge in [-0.1, -0.05) is 87.5 Å². The number of ketones is 1. The zero-order valence-corrected chi connectivity index (χ0v) is 18.9. The Morgan fingerprint density at radius 1 is 1.04 bits per heavy atom. The summed E-state index contributed by atoms with van der Waals surface area (Å²) in [4.78, 5) is 13.4. The second kappa shape index (κ2) is 9.49. The van der Waals surface area contributed by atoms with Crippen molar-refractivity contribution in [1.82, 2.24) is 0 Å². The smallest absolute Gasteiger partial charge is 0.193 e. The van der Waals surface area contributed by atoms with Gasteiger partial charge in [-0.15, -0.1) is 6.58 Å². The van der Waals surface area contributed by atoms with Gasteiger partial charge in [0.1, 0.15) is 6.10 Å². The van der Waals surface area contributed by atoms with Crippen molar-refractivity contribution in [2.45, 2.75) is 57.8 Å². The molecule has 150 valence electrons. The lowest BCUT2D eigenvalue weighted by molar-refractivity contribution is 0.0678. The summed E-state index contributed by atoms with van der Waals surface area (Å²) in [5.41, 5.74) is 1.98. The van der Waals surface area contributed by atoms with Gasteiger partial charge in [-0.05, 0) is 36.5 Å². The Morgan fingerprint density at radius 3 is 2.07 bits per heavy atom. The van der Waals surface area contributed by atoms with Crippen molar-refractivity contribution in [3.63, 3.8) is 0 Å². The Hall–Kier alpha value is -1.97. The fourth-order valence-electron chi connectivity index (χ4n) is 2.97. The third-order valence-corrected chi connectivity index (χ3v) is 10.3. The molecule has 3 heteroatoms. The average Bonchev–Trinajstić information content (AvgIpc) is 2.67. The van der Waals surface area contributed by atoms with Crippen LogP contribution >= 0.6 is 0 Å². The lowest BCUT2D eigenvalue weighted by Gasteiger charge is -2.40. The largest absolute Gasteiger partial charge is 0.406 e. The van der Waals surface area contributed by atoms with Gasteiger partial charge in [0, 0.05) is 11.5 Å². The quantitative estimate of drug-likeness (QED) is 0.269. The molecule has 0 aliphatic heterocycles. The Morgan fingerprint density at radius 2 is 1.57 bits per heavy atom. The molecule has 0 N–H and O–H groups in total. The molecule has 0 aliphatic rings. The minimum atomic E-state index is -2.12. The van der Waals surface area contributed by atoms with Gasteiger partial charge in [-0.25, -0.2) is 0 Å². The molecule has 28 heavy (non-hydrogen) atoms. The van der Waals surface area contributed by atoms with Gasteiger partial charge in [0.15, 0.2) is 14.1 Å². The first-order chi connectivity index (χ1) is 13.2. The number of benzene rings is 2. The summed E-state index contributed by atoms with van der Waals surface area (Å²) in [6, 6.07) is 19.9. The van der Waals surface area contributed by atoms with E-state index < -0.39 is 14.4 Å². The first-order valence-electron chi connectivity index (χ1n) is 10.1. The molecule has 0 aromatic heterocycles. The predicted molar refractivity (Wildman–Crippen MR) is 121 cm³/mol. The van der Waals surface area contributed by atoms with Crippen LogP contribution in [0.3, 0.4) is 0 Å². The fourth-order valence-corrected chi connectivity index (χ4v) is 4.24. The normalized spacial score (nSPS) is 14.3. The molecular weight excluding hydrogens is 360 g/mol. The van der Waals surface area contributed by atoms with E-state index in [9.17, 15) is 4.79 Å². The Balaban J connectivity index is 2.29. The zero-order valence-electron chi connectivity index (χ0n) is 17.9. The Kier molecular flexibility index (Phi) is 7.56. The van der Waals surface area contributed by atoms with E-state index in [1.165, 1.54) is 5.56 Å². The maximum Gasteiger partial charge on any atom is 0.193 e. The number of carbonyl (C=O) groups excluding carboxylic acids is 1. The van der Waals surface area contributed by atoms with Crippen molar-refractivity contribution in [2.24, 2.45) is 5.92 Å². The summed E-state index contributed by atoms with van der Waals surface area (Å²) in [5, 5.41) is 0.0351. The van der Waals surface area contributed by atoms with E-state index in [0.717, 1.165) is 12.8 Å². The molecule has 0 fully saturated rings. The first kappa shape index (κ1) is 22.3. The topological polar surface area (TPSA) is 26.3 Å². The number of hydrogen-bond donors (Lipinski definition) is 0. The summed E-state index contributed by atoms with van der Waals surface area (Å²) in [6.07, 6.45) is 3.15. The lowest BCUT2D eigenvalue weighted by Crippen LogP contribution is -2.48. The van der Waals surface area contributed by atoms with Crippen molar-refractivity contribution in [2.75, 3.05) is 0 Å². The third kappa shape index (κ3) is 5.76. The molecule has 2 aromatic carbocycles. The Bertz CT molecular complexity index is 760. The maximum atomic E-state index is 13.4. The molecule has 0 saturated heterocycles. The van der Waals surface area contributed by atoms with Crippen LogP contribution in [-0.2, 0) is 10.8 Å². The average molecular weight is 395 g/mol. The Labute approximate surface area is 171 Å². The third-order valence-electron chi connectivity index (χ3n) is 5.85. The number of aryl methyl sites for hydroxylation is 1. The van der Waals surface area contributed by atoms with Crippen molar-refractivity contribution >= 4 is 14.1 Å². The summed E-state index contributed by atoms with van der Waals surface area (Å²) in [5.74, 6) is 0.0328. The minimum Gasteiger partial charge on any atom is -0.406 e. The molecular formula is C25H34O2Si. The summed E-state index contributed by atoms with van der Waals surface area (Å²) in [7, 11) is -2.12. The van der Waals surface area contributed by atoms with Crippen LogP contribution in [0, 0.1) is 5.92 Å². The second-order valence-electron chi connectivity index (χ2n) is 8.95. The fraction of sp³-hybridized carbons (Fsp3) is 0.400. The molecule has 2 atom stereocenters. The highest BCUT2D eigenvalue weighted by molar-refractivity contribution is 6.74. The van der Waals surface area contributed by atoms with Gasteiger partial charge < -0.3 is 4.43 Å². The highest BCUT2D eigenvalue weighted by Gasteiger charge is 2.42. The molecule has 0 unspecified atom stereocenters. The molecule has 0 radical (unpaired) electrons. The van der Waals surface area contributed by atoms with Crippen molar-refractivity contribution in [1.29, 1.82) is 0 Å². The predicted octanol–water partition coefficient (Wildman–Crippen LogP) is 6.69. The molecule has 0 aliphatic carbocycles. The summed E-state index contributed by atoms with van der Waals surface area (Å²) < 4.78 is 6.68. The zero-order chi connectivity index (χ0) is 20.8.